The molecule has 5 nitrogen and oxygen atoms in total. The Hall–Kier alpha value is -3.05. The van der Waals surface area contributed by atoms with Crippen molar-refractivity contribution in [1.29, 1.82) is 0 Å². The zero-order valence-electron chi connectivity index (χ0n) is 19.9. The number of nitrogens with one attached hydrogen (secondary N) is 1. The molecule has 2 aromatic carbocycles. The number of benzene rings is 2. The molecule has 0 bridgehead atoms. The first-order valence-electron chi connectivity index (χ1n) is 12.4. The summed E-state index contributed by atoms with van der Waals surface area (Å²) >= 11 is 6.07. The summed E-state index contributed by atoms with van der Waals surface area (Å²) in [6.07, 6.45) is 5.95. The molecule has 5 rings (SSSR count). The number of esters is 1. The van der Waals surface area contributed by atoms with Crippen LogP contribution in [0.2, 0.25) is 5.02 Å². The monoisotopic (exact) mass is 491 g/mol. The van der Waals surface area contributed by atoms with Crippen LogP contribution in [0, 0.1) is 0 Å². The Bertz CT molecular complexity index is 1210. The van der Waals surface area contributed by atoms with Crippen molar-refractivity contribution < 1.29 is 19.4 Å². The van der Waals surface area contributed by atoms with E-state index < -0.39 is 5.92 Å². The van der Waals surface area contributed by atoms with Crippen LogP contribution in [0.15, 0.2) is 71.1 Å². The lowest BCUT2D eigenvalue weighted by molar-refractivity contribution is -0.146. The van der Waals surface area contributed by atoms with Crippen molar-refractivity contribution in [1.82, 2.24) is 5.32 Å². The van der Waals surface area contributed by atoms with Crippen molar-refractivity contribution in [3.63, 3.8) is 0 Å². The summed E-state index contributed by atoms with van der Waals surface area (Å²) in [5, 5.41) is 14.3. The Balaban J connectivity index is 1.52. The summed E-state index contributed by atoms with van der Waals surface area (Å²) in [4.78, 5) is 27.2. The third-order valence-electron chi connectivity index (χ3n) is 7.42. The third kappa shape index (κ3) is 4.87. The first-order valence-corrected chi connectivity index (χ1v) is 12.8. The number of Topliss-reactive ketones (excluding diaryl/α,β-unsaturated/α-hetero) is 1. The summed E-state index contributed by atoms with van der Waals surface area (Å²) < 4.78 is 5.95. The van der Waals surface area contributed by atoms with E-state index in [-0.39, 0.29) is 29.5 Å². The molecule has 0 saturated heterocycles. The maximum absolute atomic E-state index is 13.7. The van der Waals surface area contributed by atoms with Gasteiger partial charge >= 0.3 is 5.97 Å². The molecule has 2 aromatic rings. The third-order valence-corrected chi connectivity index (χ3v) is 7.67. The van der Waals surface area contributed by atoms with Gasteiger partial charge in [-0.05, 0) is 80.3 Å². The molecular formula is C29H30ClNO4. The van der Waals surface area contributed by atoms with Gasteiger partial charge in [0.25, 0.3) is 0 Å². The number of carbonyl (C=O) groups excluding carboxylic acids is 2. The molecule has 2 aliphatic carbocycles. The summed E-state index contributed by atoms with van der Waals surface area (Å²) in [5.41, 5.74) is 4.37. The molecule has 1 fully saturated rings. The van der Waals surface area contributed by atoms with Crippen molar-refractivity contribution in [2.75, 3.05) is 0 Å². The van der Waals surface area contributed by atoms with E-state index in [1.807, 2.05) is 37.3 Å². The van der Waals surface area contributed by atoms with Gasteiger partial charge in [0.1, 0.15) is 11.9 Å². The van der Waals surface area contributed by atoms with Gasteiger partial charge in [0.15, 0.2) is 5.78 Å². The van der Waals surface area contributed by atoms with Gasteiger partial charge in [-0.25, -0.2) is 4.79 Å². The molecule has 1 heterocycles. The molecule has 35 heavy (non-hydrogen) atoms. The normalized spacial score (nSPS) is 23.1. The predicted octanol–water partition coefficient (Wildman–Crippen LogP) is 6.28. The van der Waals surface area contributed by atoms with E-state index in [9.17, 15) is 14.7 Å². The molecule has 3 aliphatic rings. The van der Waals surface area contributed by atoms with Gasteiger partial charge in [-0.2, -0.15) is 0 Å². The highest BCUT2D eigenvalue weighted by Crippen LogP contribution is 2.46. The molecule has 2 atom stereocenters. The number of halogens is 1. The number of hydrogen-bond acceptors (Lipinski definition) is 5. The number of rotatable bonds is 4. The highest BCUT2D eigenvalue weighted by molar-refractivity contribution is 6.30. The van der Waals surface area contributed by atoms with E-state index >= 15 is 0 Å². The van der Waals surface area contributed by atoms with Crippen LogP contribution in [0.25, 0.3) is 0 Å². The largest absolute Gasteiger partial charge is 0.508 e. The molecule has 2 N–H and O–H groups in total. The van der Waals surface area contributed by atoms with E-state index in [0.717, 1.165) is 36.9 Å². The predicted molar refractivity (Wildman–Crippen MR) is 135 cm³/mol. The van der Waals surface area contributed by atoms with Crippen LogP contribution in [-0.2, 0) is 14.3 Å². The Labute approximate surface area is 210 Å². The molecule has 1 aliphatic heterocycles. The van der Waals surface area contributed by atoms with Crippen molar-refractivity contribution in [2.45, 2.75) is 69.8 Å². The number of allylic oxidation sites excluding steroid dienone is 3. The average molecular weight is 492 g/mol. The Morgan fingerprint density at radius 1 is 1.03 bits per heavy atom. The number of phenolic OH excluding ortho intramolecular Hbond substituents is 1. The molecule has 0 amide bonds. The van der Waals surface area contributed by atoms with E-state index in [1.54, 1.807) is 18.2 Å². The minimum Gasteiger partial charge on any atom is -0.508 e. The van der Waals surface area contributed by atoms with Crippen LogP contribution in [-0.4, -0.2) is 23.0 Å². The van der Waals surface area contributed by atoms with Crippen LogP contribution in [0.3, 0.4) is 0 Å². The highest BCUT2D eigenvalue weighted by Gasteiger charge is 2.42. The molecule has 182 valence electrons. The van der Waals surface area contributed by atoms with E-state index in [4.69, 9.17) is 16.3 Å². The number of ketones is 1. The molecule has 0 aromatic heterocycles. The Kier molecular flexibility index (Phi) is 6.70. The Morgan fingerprint density at radius 2 is 1.77 bits per heavy atom. The fourth-order valence-electron chi connectivity index (χ4n) is 5.72. The lowest BCUT2D eigenvalue weighted by Crippen LogP contribution is -2.37. The zero-order valence-corrected chi connectivity index (χ0v) is 20.6. The average Bonchev–Trinajstić information content (AvgIpc) is 2.84. The van der Waals surface area contributed by atoms with Gasteiger partial charge < -0.3 is 15.2 Å². The standard InChI is InChI=1S/C29H30ClNO4/c1-17-26(29(34)35-23-8-3-2-4-9-23)27(19-6-5-7-22(32)14-19)28-24(31-17)15-20(16-25(28)33)18-10-12-21(30)13-11-18/h5-7,10-14,20,23,27,31-32H,2-4,8-9,15-16H2,1H3/t20-,27+/m0/s1. The van der Waals surface area contributed by atoms with E-state index in [0.29, 0.717) is 40.3 Å². The summed E-state index contributed by atoms with van der Waals surface area (Å²) in [6.45, 7) is 1.87. The fraction of sp³-hybridized carbons (Fsp3) is 0.379. The number of dihydropyridines is 1. The number of aromatic hydroxyl groups is 1. The number of carbonyl (C=O) groups is 2. The van der Waals surface area contributed by atoms with Gasteiger partial charge in [-0.3, -0.25) is 4.79 Å². The lowest BCUT2D eigenvalue weighted by atomic mass is 9.71. The first-order chi connectivity index (χ1) is 16.9. The van der Waals surface area contributed by atoms with Gasteiger partial charge in [0, 0.05) is 34.3 Å². The SMILES string of the molecule is CC1=C(C(=O)OC2CCCCC2)[C@@H](c2cccc(O)c2)C2=C(C[C@H](c3ccc(Cl)cc3)CC2=O)N1. The molecule has 0 spiro atoms. The van der Waals surface area contributed by atoms with Crippen LogP contribution < -0.4 is 5.32 Å². The number of hydrogen-bond donors (Lipinski definition) is 2. The first kappa shape index (κ1) is 23.7. The number of ether oxygens (including phenoxy) is 1. The van der Waals surface area contributed by atoms with Crippen molar-refractivity contribution in [3.05, 3.63) is 87.2 Å². The highest BCUT2D eigenvalue weighted by atomic mass is 35.5. The van der Waals surface area contributed by atoms with Crippen LogP contribution in [0.4, 0.5) is 0 Å². The maximum Gasteiger partial charge on any atom is 0.337 e. The zero-order chi connectivity index (χ0) is 24.5. The second kappa shape index (κ2) is 9.90. The molecule has 6 heteroatoms. The lowest BCUT2D eigenvalue weighted by Gasteiger charge is -2.37. The summed E-state index contributed by atoms with van der Waals surface area (Å²) in [5.74, 6) is -0.826. The molecule has 0 unspecified atom stereocenters. The second-order valence-corrected chi connectivity index (χ2v) is 10.3. The van der Waals surface area contributed by atoms with Crippen molar-refractivity contribution in [3.8, 4) is 5.75 Å². The number of phenols is 1. The van der Waals surface area contributed by atoms with Gasteiger partial charge in [0.05, 0.1) is 5.57 Å². The quantitative estimate of drug-likeness (QED) is 0.492. The minimum atomic E-state index is -0.576. The van der Waals surface area contributed by atoms with Gasteiger partial charge in [-0.15, -0.1) is 0 Å². The van der Waals surface area contributed by atoms with Crippen molar-refractivity contribution >= 4 is 23.4 Å². The molecule has 1 saturated carbocycles. The summed E-state index contributed by atoms with van der Waals surface area (Å²) in [6, 6.07) is 14.5. The smallest absolute Gasteiger partial charge is 0.337 e. The maximum atomic E-state index is 13.7. The fourth-order valence-corrected chi connectivity index (χ4v) is 5.84. The van der Waals surface area contributed by atoms with Crippen molar-refractivity contribution in [2.24, 2.45) is 0 Å². The van der Waals surface area contributed by atoms with Crippen LogP contribution >= 0.6 is 11.6 Å². The second-order valence-electron chi connectivity index (χ2n) is 9.83. The Morgan fingerprint density at radius 3 is 2.49 bits per heavy atom. The molecular weight excluding hydrogens is 462 g/mol. The van der Waals surface area contributed by atoms with Crippen LogP contribution in [0.5, 0.6) is 5.75 Å². The van der Waals surface area contributed by atoms with Gasteiger partial charge in [0.2, 0.25) is 0 Å². The molecule has 0 radical (unpaired) electrons. The van der Waals surface area contributed by atoms with E-state index in [1.165, 1.54) is 6.42 Å². The van der Waals surface area contributed by atoms with E-state index in [2.05, 4.69) is 5.32 Å². The van der Waals surface area contributed by atoms with Crippen LogP contribution in [0.1, 0.15) is 74.8 Å². The summed E-state index contributed by atoms with van der Waals surface area (Å²) in [7, 11) is 0. The minimum absolute atomic E-state index is 0.00232. The topological polar surface area (TPSA) is 75.6 Å². The van der Waals surface area contributed by atoms with Gasteiger partial charge in [-0.1, -0.05) is 42.3 Å².